The molecular formula is C48H38. The number of aryl methyl sites for hydroxylation is 2. The average Bonchev–Trinajstić information content (AvgIpc) is 3.15. The van der Waals surface area contributed by atoms with Crippen LogP contribution < -0.4 is 0 Å². The predicted octanol–water partition coefficient (Wildman–Crippen LogP) is 14.1. The lowest BCUT2D eigenvalue weighted by molar-refractivity contribution is 1.44. The maximum Gasteiger partial charge on any atom is -0.00262 e. The summed E-state index contributed by atoms with van der Waals surface area (Å²) in [6, 6.07) is 58.2. The van der Waals surface area contributed by atoms with E-state index in [1.807, 2.05) is 13.8 Å². The normalized spacial score (nSPS) is 11.3. The molecule has 9 rings (SSSR count). The van der Waals surface area contributed by atoms with Gasteiger partial charge in [0.2, 0.25) is 0 Å². The van der Waals surface area contributed by atoms with E-state index in [0.717, 1.165) is 0 Å². The van der Waals surface area contributed by atoms with Gasteiger partial charge in [-0.25, -0.2) is 0 Å². The zero-order chi connectivity index (χ0) is 32.8. The van der Waals surface area contributed by atoms with Crippen LogP contribution in [0.5, 0.6) is 0 Å². The summed E-state index contributed by atoms with van der Waals surface area (Å²) in [5, 5.41) is 12.9. The van der Waals surface area contributed by atoms with Crippen LogP contribution in [0.15, 0.2) is 158 Å². The Bertz CT molecular complexity index is 2600. The molecule has 0 saturated carbocycles. The summed E-state index contributed by atoms with van der Waals surface area (Å²) in [6.07, 6.45) is 0. The second kappa shape index (κ2) is 12.1. The lowest BCUT2D eigenvalue weighted by Crippen LogP contribution is -1.94. The van der Waals surface area contributed by atoms with Gasteiger partial charge >= 0.3 is 0 Å². The molecule has 0 nitrogen and oxygen atoms in total. The Morgan fingerprint density at radius 1 is 0.312 bits per heavy atom. The van der Waals surface area contributed by atoms with Crippen molar-refractivity contribution in [3.05, 3.63) is 169 Å². The van der Waals surface area contributed by atoms with E-state index >= 15 is 0 Å². The molecule has 230 valence electrons. The first-order valence-electron chi connectivity index (χ1n) is 17.1. The molecule has 0 fully saturated rings. The minimum atomic E-state index is 1.25. The fraction of sp³-hybridized carbons (Fsp3) is 0.0833. The zero-order valence-corrected chi connectivity index (χ0v) is 28.0. The summed E-state index contributed by atoms with van der Waals surface area (Å²) in [6.45, 7) is 8.56. The van der Waals surface area contributed by atoms with Crippen LogP contribution in [-0.2, 0) is 0 Å². The molecule has 0 aromatic heterocycles. The predicted molar refractivity (Wildman–Crippen MR) is 211 cm³/mol. The van der Waals surface area contributed by atoms with Crippen LogP contribution in [0.1, 0.15) is 25.0 Å². The van der Waals surface area contributed by atoms with Crippen molar-refractivity contribution >= 4 is 53.9 Å². The van der Waals surface area contributed by atoms with Crippen LogP contribution in [0, 0.1) is 13.8 Å². The molecule has 0 aliphatic carbocycles. The molecule has 9 aromatic rings. The standard InChI is InChI=1S/C46H32.C2H6/c1-29-27-33(25-26-35(29)44-30(2)36-15-5-6-16-37(36)38-17-7-8-18-39(38)44)45-40-19-9-11-21-42(40)46(43-22-12-10-20-41(43)45)34-24-23-31-13-3-4-14-32(31)28-34;1-2/h3-28H,1-2H3;1-2H3. The van der Waals surface area contributed by atoms with Crippen molar-refractivity contribution in [2.75, 3.05) is 0 Å². The van der Waals surface area contributed by atoms with Crippen LogP contribution in [0.2, 0.25) is 0 Å². The number of rotatable bonds is 3. The van der Waals surface area contributed by atoms with Gasteiger partial charge in [-0.15, -0.1) is 0 Å². The molecule has 0 unspecified atom stereocenters. The van der Waals surface area contributed by atoms with Gasteiger partial charge in [-0.05, 0) is 118 Å². The van der Waals surface area contributed by atoms with E-state index in [1.165, 1.54) is 98.4 Å². The molecule has 0 saturated heterocycles. The van der Waals surface area contributed by atoms with Gasteiger partial charge in [0, 0.05) is 0 Å². The Labute approximate surface area is 282 Å². The highest BCUT2D eigenvalue weighted by Crippen LogP contribution is 2.46. The average molecular weight is 615 g/mol. The van der Waals surface area contributed by atoms with E-state index in [-0.39, 0.29) is 0 Å². The van der Waals surface area contributed by atoms with Crippen molar-refractivity contribution in [1.82, 2.24) is 0 Å². The minimum Gasteiger partial charge on any atom is -0.0683 e. The molecule has 0 amide bonds. The Morgan fingerprint density at radius 3 is 1.25 bits per heavy atom. The van der Waals surface area contributed by atoms with Gasteiger partial charge in [-0.3, -0.25) is 0 Å². The number of fused-ring (bicyclic) bond motifs is 6. The Balaban J connectivity index is 0.00000165. The van der Waals surface area contributed by atoms with Gasteiger partial charge in [0.1, 0.15) is 0 Å². The summed E-state index contributed by atoms with van der Waals surface area (Å²) in [7, 11) is 0. The van der Waals surface area contributed by atoms with Crippen LogP contribution in [0.25, 0.3) is 87.2 Å². The van der Waals surface area contributed by atoms with E-state index in [9.17, 15) is 0 Å². The third-order valence-electron chi connectivity index (χ3n) is 9.95. The summed E-state index contributed by atoms with van der Waals surface area (Å²) in [4.78, 5) is 0. The van der Waals surface area contributed by atoms with Gasteiger partial charge in [0.05, 0.1) is 0 Å². The van der Waals surface area contributed by atoms with Crippen LogP contribution >= 0.6 is 0 Å². The second-order valence-corrected chi connectivity index (χ2v) is 12.5. The summed E-state index contributed by atoms with van der Waals surface area (Å²) in [5.41, 5.74) is 10.3. The van der Waals surface area contributed by atoms with Crippen molar-refractivity contribution < 1.29 is 0 Å². The lowest BCUT2D eigenvalue weighted by atomic mass is 9.83. The van der Waals surface area contributed by atoms with Crippen LogP contribution in [0.3, 0.4) is 0 Å². The van der Waals surface area contributed by atoms with Crippen molar-refractivity contribution in [1.29, 1.82) is 0 Å². The number of hydrogen-bond donors (Lipinski definition) is 0. The largest absolute Gasteiger partial charge is 0.0683 e. The first kappa shape index (κ1) is 29.7. The van der Waals surface area contributed by atoms with Gasteiger partial charge in [-0.1, -0.05) is 166 Å². The first-order valence-corrected chi connectivity index (χ1v) is 17.1. The summed E-state index contributed by atoms with van der Waals surface area (Å²) in [5.74, 6) is 0. The Hall–Kier alpha value is -5.72. The van der Waals surface area contributed by atoms with Crippen molar-refractivity contribution in [2.45, 2.75) is 27.7 Å². The van der Waals surface area contributed by atoms with E-state index in [1.54, 1.807) is 0 Å². The quantitative estimate of drug-likeness (QED) is 0.137. The lowest BCUT2D eigenvalue weighted by Gasteiger charge is -2.20. The van der Waals surface area contributed by atoms with Crippen molar-refractivity contribution in [2.24, 2.45) is 0 Å². The number of benzene rings is 9. The Morgan fingerprint density at radius 2 is 0.708 bits per heavy atom. The van der Waals surface area contributed by atoms with Gasteiger partial charge in [-0.2, -0.15) is 0 Å². The van der Waals surface area contributed by atoms with E-state index in [2.05, 4.69) is 172 Å². The van der Waals surface area contributed by atoms with Gasteiger partial charge < -0.3 is 0 Å². The molecule has 9 aromatic carbocycles. The summed E-state index contributed by atoms with van der Waals surface area (Å²) >= 11 is 0. The molecule has 0 aliphatic rings. The second-order valence-electron chi connectivity index (χ2n) is 12.5. The van der Waals surface area contributed by atoms with Crippen LogP contribution in [-0.4, -0.2) is 0 Å². The highest BCUT2D eigenvalue weighted by atomic mass is 14.2. The fourth-order valence-electron chi connectivity index (χ4n) is 7.86. The fourth-order valence-corrected chi connectivity index (χ4v) is 7.86. The van der Waals surface area contributed by atoms with Gasteiger partial charge in [0.25, 0.3) is 0 Å². The Kier molecular flexibility index (Phi) is 7.50. The molecule has 0 spiro atoms. The number of hydrogen-bond acceptors (Lipinski definition) is 0. The van der Waals surface area contributed by atoms with E-state index < -0.39 is 0 Å². The first-order chi connectivity index (χ1) is 23.7. The maximum absolute atomic E-state index is 2.41. The van der Waals surface area contributed by atoms with Gasteiger partial charge in [0.15, 0.2) is 0 Å². The van der Waals surface area contributed by atoms with E-state index in [4.69, 9.17) is 0 Å². The molecule has 0 heterocycles. The van der Waals surface area contributed by atoms with Crippen molar-refractivity contribution in [3.63, 3.8) is 0 Å². The minimum absolute atomic E-state index is 1.25. The molecule has 0 heteroatoms. The third-order valence-corrected chi connectivity index (χ3v) is 9.95. The van der Waals surface area contributed by atoms with Crippen LogP contribution in [0.4, 0.5) is 0 Å². The molecule has 0 N–H and O–H groups in total. The molecule has 0 radical (unpaired) electrons. The highest BCUT2D eigenvalue weighted by molar-refractivity contribution is 6.22. The molecule has 0 aliphatic heterocycles. The summed E-state index contributed by atoms with van der Waals surface area (Å²) < 4.78 is 0. The SMILES string of the molecule is CC.Cc1cc(-c2c3ccccc3c(-c3ccc4ccccc4c3)c3ccccc23)ccc1-c1c(C)c2ccccc2c2ccccc12. The monoisotopic (exact) mass is 614 g/mol. The molecule has 48 heavy (non-hydrogen) atoms. The topological polar surface area (TPSA) is 0 Å². The maximum atomic E-state index is 2.41. The molecular weight excluding hydrogens is 577 g/mol. The zero-order valence-electron chi connectivity index (χ0n) is 28.0. The highest BCUT2D eigenvalue weighted by Gasteiger charge is 2.19. The van der Waals surface area contributed by atoms with Crippen molar-refractivity contribution in [3.8, 4) is 33.4 Å². The molecule has 0 atom stereocenters. The molecule has 0 bridgehead atoms. The smallest absolute Gasteiger partial charge is 0.00262 e. The third kappa shape index (κ3) is 4.68. The van der Waals surface area contributed by atoms with E-state index in [0.29, 0.717) is 0 Å².